The number of fused-ring (bicyclic) bond motifs is 3. The Kier molecular flexibility index (Phi) is 9.02. The third-order valence-corrected chi connectivity index (χ3v) is 11.0. The summed E-state index contributed by atoms with van der Waals surface area (Å²) in [5.41, 5.74) is 1.09. The van der Waals surface area contributed by atoms with Crippen LogP contribution in [0.25, 0.3) is 10.9 Å². The van der Waals surface area contributed by atoms with Crippen LogP contribution in [0.2, 0.25) is 0 Å². The van der Waals surface area contributed by atoms with Gasteiger partial charge in [-0.25, -0.2) is 14.0 Å². The molecular formula is C34H45FN4O7. The topological polar surface area (TPSA) is 139 Å². The van der Waals surface area contributed by atoms with Crippen LogP contribution in [0.1, 0.15) is 82.1 Å². The Morgan fingerprint density at radius 2 is 1.78 bits per heavy atom. The van der Waals surface area contributed by atoms with Crippen molar-refractivity contribution in [2.75, 3.05) is 25.6 Å². The molecule has 3 heterocycles. The molecule has 46 heavy (non-hydrogen) atoms. The smallest absolute Gasteiger partial charge is 0.404 e. The second-order valence-electron chi connectivity index (χ2n) is 14.0. The first-order valence-electron chi connectivity index (χ1n) is 16.6. The number of ether oxygens (including phenoxy) is 2. The number of cyclic esters (lactones) is 1. The van der Waals surface area contributed by atoms with Crippen molar-refractivity contribution in [2.24, 2.45) is 23.7 Å². The van der Waals surface area contributed by atoms with Crippen LogP contribution in [0.4, 0.5) is 14.9 Å². The first-order valence-corrected chi connectivity index (χ1v) is 16.6. The average Bonchev–Trinajstić information content (AvgIpc) is 3.71. The van der Waals surface area contributed by atoms with Gasteiger partial charge in [-0.1, -0.05) is 0 Å². The van der Waals surface area contributed by atoms with Crippen LogP contribution in [0.15, 0.2) is 24.3 Å². The maximum atomic E-state index is 14.2. The molecule has 0 unspecified atom stereocenters. The minimum absolute atomic E-state index is 0.0198. The van der Waals surface area contributed by atoms with Gasteiger partial charge in [-0.15, -0.1) is 0 Å². The van der Waals surface area contributed by atoms with Crippen molar-refractivity contribution < 1.29 is 38.1 Å². The predicted molar refractivity (Wildman–Crippen MR) is 168 cm³/mol. The summed E-state index contributed by atoms with van der Waals surface area (Å²) in [6, 6.07) is 5.93. The number of likely N-dealkylation sites (tertiary alicyclic amines) is 1. The number of amides is 3. The minimum atomic E-state index is -1.25. The Balaban J connectivity index is 1.20. The summed E-state index contributed by atoms with van der Waals surface area (Å²) in [5.74, 6) is -0.778. The maximum Gasteiger partial charge on any atom is 0.404 e. The van der Waals surface area contributed by atoms with E-state index in [1.165, 1.54) is 0 Å². The molecule has 2 aromatic rings. The van der Waals surface area contributed by atoms with Gasteiger partial charge in [-0.3, -0.25) is 14.2 Å². The third kappa shape index (κ3) is 6.08. The first kappa shape index (κ1) is 32.3. The largest absolute Gasteiger partial charge is 0.465 e. The first-order chi connectivity index (χ1) is 22.0. The molecule has 2 aliphatic heterocycles. The van der Waals surface area contributed by atoms with Crippen molar-refractivity contribution in [3.63, 3.8) is 0 Å². The van der Waals surface area contributed by atoms with E-state index in [-0.39, 0.29) is 41.6 Å². The highest BCUT2D eigenvalue weighted by Crippen LogP contribution is 2.42. The van der Waals surface area contributed by atoms with E-state index in [4.69, 9.17) is 14.6 Å². The zero-order valence-corrected chi connectivity index (χ0v) is 26.8. The third-order valence-electron chi connectivity index (χ3n) is 11.0. The highest BCUT2D eigenvalue weighted by molar-refractivity contribution is 6.02. The standard InChI is InChI=1S/C34H45FN4O7/c1-34(2)39-27-13-10-23(16-22(27)17-28(39)32(42)46-34)36-30(40)29-25(19-8-11-24(45-3)12-9-19)14-15-38(29)31(41)21-6-4-20(5-7-21)26(18-35)37-33(43)44/h10,13,16-17,19-21,24-26,29,37H,4-9,11-12,14-15,18H2,1-3H3,(H,36,40)(H,43,44)/t19?,20?,21?,24?,25-,26+,29-/m0/s1. The van der Waals surface area contributed by atoms with Crippen molar-refractivity contribution in [3.05, 3.63) is 30.0 Å². The van der Waals surface area contributed by atoms with Gasteiger partial charge in [0.15, 0.2) is 5.72 Å². The van der Waals surface area contributed by atoms with Crippen LogP contribution in [0.5, 0.6) is 0 Å². The molecule has 3 fully saturated rings. The van der Waals surface area contributed by atoms with E-state index in [9.17, 15) is 23.6 Å². The molecule has 0 radical (unpaired) electrons. The molecule has 2 saturated carbocycles. The van der Waals surface area contributed by atoms with Gasteiger partial charge in [-0.2, -0.15) is 0 Å². The molecule has 3 atom stereocenters. The quantitative estimate of drug-likeness (QED) is 0.334. The fourth-order valence-corrected chi connectivity index (χ4v) is 8.65. The van der Waals surface area contributed by atoms with E-state index in [2.05, 4.69) is 10.6 Å². The van der Waals surface area contributed by atoms with E-state index in [0.29, 0.717) is 49.5 Å². The van der Waals surface area contributed by atoms with E-state index in [1.54, 1.807) is 18.1 Å². The normalized spacial score (nSPS) is 29.7. The summed E-state index contributed by atoms with van der Waals surface area (Å²) < 4.78 is 26.5. The summed E-state index contributed by atoms with van der Waals surface area (Å²) >= 11 is 0. The van der Waals surface area contributed by atoms with Crippen LogP contribution in [0.3, 0.4) is 0 Å². The number of esters is 1. The molecule has 3 N–H and O–H groups in total. The Morgan fingerprint density at radius 3 is 2.43 bits per heavy atom. The number of rotatable bonds is 8. The summed E-state index contributed by atoms with van der Waals surface area (Å²) in [6.45, 7) is 3.39. The van der Waals surface area contributed by atoms with Crippen LogP contribution in [0, 0.1) is 23.7 Å². The number of carbonyl (C=O) groups excluding carboxylic acids is 3. The van der Waals surface area contributed by atoms with Crippen molar-refractivity contribution in [3.8, 4) is 0 Å². The number of hydrogen-bond donors (Lipinski definition) is 3. The van der Waals surface area contributed by atoms with Gasteiger partial charge in [0.1, 0.15) is 18.4 Å². The lowest BCUT2D eigenvalue weighted by molar-refractivity contribution is -0.142. The molecular weight excluding hydrogens is 595 g/mol. The Labute approximate surface area is 268 Å². The summed E-state index contributed by atoms with van der Waals surface area (Å²) in [6.07, 6.45) is 5.62. The maximum absolute atomic E-state index is 14.2. The fourth-order valence-electron chi connectivity index (χ4n) is 8.65. The zero-order chi connectivity index (χ0) is 32.7. The molecule has 1 saturated heterocycles. The van der Waals surface area contributed by atoms with Gasteiger partial charge in [0.25, 0.3) is 0 Å². The van der Waals surface area contributed by atoms with Gasteiger partial charge in [0, 0.05) is 30.6 Å². The number of nitrogens with zero attached hydrogens (tertiary/aromatic N) is 2. The zero-order valence-electron chi connectivity index (χ0n) is 26.8. The number of hydrogen-bond acceptors (Lipinski definition) is 6. The van der Waals surface area contributed by atoms with Crippen LogP contribution in [-0.4, -0.2) is 77.0 Å². The minimum Gasteiger partial charge on any atom is -0.465 e. The Hall–Kier alpha value is -3.67. The van der Waals surface area contributed by atoms with E-state index in [0.717, 1.165) is 43.0 Å². The Bertz CT molecular complexity index is 1490. The lowest BCUT2D eigenvalue weighted by Gasteiger charge is -2.37. The lowest BCUT2D eigenvalue weighted by Crippen LogP contribution is -2.50. The number of benzene rings is 1. The summed E-state index contributed by atoms with van der Waals surface area (Å²) in [4.78, 5) is 53.6. The molecule has 3 amide bonds. The van der Waals surface area contributed by atoms with Crippen molar-refractivity contribution in [2.45, 2.75) is 95.5 Å². The van der Waals surface area contributed by atoms with E-state index < -0.39 is 30.6 Å². The number of methoxy groups -OCH3 is 1. The number of alkyl halides is 1. The molecule has 12 heteroatoms. The summed E-state index contributed by atoms with van der Waals surface area (Å²) in [5, 5.41) is 15.3. The Morgan fingerprint density at radius 1 is 1.07 bits per heavy atom. The van der Waals surface area contributed by atoms with E-state index >= 15 is 0 Å². The molecule has 0 bridgehead atoms. The number of halogens is 1. The van der Waals surface area contributed by atoms with Crippen molar-refractivity contribution >= 4 is 40.5 Å². The molecule has 4 aliphatic rings. The van der Waals surface area contributed by atoms with Crippen molar-refractivity contribution in [1.82, 2.24) is 14.8 Å². The summed E-state index contributed by atoms with van der Waals surface area (Å²) in [7, 11) is 1.74. The van der Waals surface area contributed by atoms with Crippen LogP contribution < -0.4 is 10.6 Å². The number of nitrogens with one attached hydrogen (secondary N) is 2. The fraction of sp³-hybridized carbons (Fsp3) is 0.647. The number of carboxylic acid groups (broad SMARTS) is 1. The second-order valence-corrected chi connectivity index (χ2v) is 14.0. The second kappa shape index (κ2) is 12.8. The molecule has 250 valence electrons. The van der Waals surface area contributed by atoms with Gasteiger partial charge >= 0.3 is 12.1 Å². The van der Waals surface area contributed by atoms with Crippen LogP contribution >= 0.6 is 0 Å². The van der Waals surface area contributed by atoms with Gasteiger partial charge in [0.2, 0.25) is 11.8 Å². The number of anilines is 1. The molecule has 0 spiro atoms. The molecule has 6 rings (SSSR count). The molecule has 1 aromatic carbocycles. The highest BCUT2D eigenvalue weighted by Gasteiger charge is 2.47. The van der Waals surface area contributed by atoms with Crippen LogP contribution in [-0.2, 0) is 24.8 Å². The molecule has 2 aliphatic carbocycles. The SMILES string of the molecule is COC1CCC([C@@H]2CCN(C(=O)C3CCC([C@@H](CF)NC(=O)O)CC3)[C@@H]2C(=O)Nc2ccc3c(c2)cc2n3C(C)(C)OC2=O)CC1. The molecule has 11 nitrogen and oxygen atoms in total. The molecule has 1 aromatic heterocycles. The van der Waals surface area contributed by atoms with E-state index in [1.807, 2.05) is 36.6 Å². The lowest BCUT2D eigenvalue weighted by atomic mass is 9.75. The average molecular weight is 641 g/mol. The van der Waals surface area contributed by atoms with Gasteiger partial charge in [0.05, 0.1) is 17.7 Å². The predicted octanol–water partition coefficient (Wildman–Crippen LogP) is 5.28. The van der Waals surface area contributed by atoms with Gasteiger partial charge < -0.3 is 30.1 Å². The highest BCUT2D eigenvalue weighted by atomic mass is 19.1. The number of carbonyl (C=O) groups is 4. The number of aromatic nitrogens is 1. The monoisotopic (exact) mass is 640 g/mol. The van der Waals surface area contributed by atoms with Gasteiger partial charge in [-0.05, 0) is 114 Å². The van der Waals surface area contributed by atoms with Crippen molar-refractivity contribution in [1.29, 1.82) is 0 Å².